The van der Waals surface area contributed by atoms with Crippen molar-refractivity contribution in [2.75, 3.05) is 6.16 Å². The van der Waals surface area contributed by atoms with Crippen molar-refractivity contribution in [1.29, 1.82) is 0 Å². The van der Waals surface area contributed by atoms with Crippen molar-refractivity contribution in [1.82, 2.24) is 0 Å². The summed E-state index contributed by atoms with van der Waals surface area (Å²) in [5.41, 5.74) is 0. The SMILES string of the molecule is O=PCC1CCCC1. The van der Waals surface area contributed by atoms with Gasteiger partial charge in [0, 0.05) is 6.16 Å². The maximum absolute atomic E-state index is 10.1. The highest BCUT2D eigenvalue weighted by Crippen LogP contribution is 2.26. The van der Waals surface area contributed by atoms with Crippen LogP contribution in [0, 0.1) is 5.92 Å². The Morgan fingerprint density at radius 2 is 2.00 bits per heavy atom. The fourth-order valence-electron chi connectivity index (χ4n) is 1.30. The van der Waals surface area contributed by atoms with Crippen molar-refractivity contribution < 1.29 is 4.57 Å². The van der Waals surface area contributed by atoms with E-state index in [1.54, 1.807) is 0 Å². The van der Waals surface area contributed by atoms with Gasteiger partial charge in [-0.15, -0.1) is 0 Å². The standard InChI is InChI=1S/C6H11OP/c7-8-5-6-3-1-2-4-6/h6H,1-5H2. The van der Waals surface area contributed by atoms with Crippen molar-refractivity contribution in [2.24, 2.45) is 5.92 Å². The van der Waals surface area contributed by atoms with Gasteiger partial charge in [0.15, 0.2) is 8.46 Å². The summed E-state index contributed by atoms with van der Waals surface area (Å²) in [6.45, 7) is 0. The van der Waals surface area contributed by atoms with E-state index in [1.165, 1.54) is 25.7 Å². The Kier molecular flexibility index (Phi) is 2.48. The summed E-state index contributed by atoms with van der Waals surface area (Å²) in [6, 6.07) is 0. The maximum Gasteiger partial charge on any atom is 0.155 e. The number of rotatable bonds is 2. The van der Waals surface area contributed by atoms with Crippen LogP contribution in [0.4, 0.5) is 0 Å². The third kappa shape index (κ3) is 1.56. The smallest absolute Gasteiger partial charge is 0.155 e. The van der Waals surface area contributed by atoms with Gasteiger partial charge >= 0.3 is 0 Å². The number of hydrogen-bond acceptors (Lipinski definition) is 1. The van der Waals surface area contributed by atoms with E-state index < -0.39 is 0 Å². The van der Waals surface area contributed by atoms with Crippen molar-refractivity contribution in [3.63, 3.8) is 0 Å². The molecule has 1 rings (SSSR count). The second kappa shape index (κ2) is 3.19. The minimum absolute atomic E-state index is 0.345. The Labute approximate surface area is 51.7 Å². The number of hydrogen-bond donors (Lipinski definition) is 0. The van der Waals surface area contributed by atoms with Gasteiger partial charge in [0.2, 0.25) is 0 Å². The van der Waals surface area contributed by atoms with Crippen LogP contribution >= 0.6 is 8.46 Å². The lowest BCUT2D eigenvalue weighted by atomic mass is 10.1. The average molecular weight is 130 g/mol. The fourth-order valence-corrected chi connectivity index (χ4v) is 1.87. The molecule has 1 aliphatic carbocycles. The average Bonchev–Trinajstić information content (AvgIpc) is 2.19. The Morgan fingerprint density at radius 3 is 2.50 bits per heavy atom. The summed E-state index contributed by atoms with van der Waals surface area (Å²) in [5, 5.41) is 0. The van der Waals surface area contributed by atoms with Crippen LogP contribution in [0.1, 0.15) is 25.7 Å². The van der Waals surface area contributed by atoms with Gasteiger partial charge in [-0.05, 0) is 18.8 Å². The fraction of sp³-hybridized carbons (Fsp3) is 1.00. The van der Waals surface area contributed by atoms with Gasteiger partial charge < -0.3 is 0 Å². The summed E-state index contributed by atoms with van der Waals surface area (Å²) in [6.07, 6.45) is 6.25. The highest BCUT2D eigenvalue weighted by Gasteiger charge is 2.13. The van der Waals surface area contributed by atoms with Gasteiger partial charge in [-0.25, -0.2) is 0 Å². The van der Waals surface area contributed by atoms with E-state index in [9.17, 15) is 4.57 Å². The van der Waals surface area contributed by atoms with Crippen LogP contribution < -0.4 is 0 Å². The van der Waals surface area contributed by atoms with Crippen LogP contribution in [0.15, 0.2) is 0 Å². The molecule has 1 aliphatic rings. The molecule has 0 radical (unpaired) electrons. The molecule has 0 spiro atoms. The van der Waals surface area contributed by atoms with Gasteiger partial charge in [-0.1, -0.05) is 12.8 Å². The normalized spacial score (nSPS) is 22.5. The van der Waals surface area contributed by atoms with Gasteiger partial charge in [0.1, 0.15) is 0 Å². The first-order chi connectivity index (χ1) is 3.93. The summed E-state index contributed by atoms with van der Waals surface area (Å²) in [7, 11) is 0.345. The summed E-state index contributed by atoms with van der Waals surface area (Å²) in [4.78, 5) is 0. The van der Waals surface area contributed by atoms with Crippen LogP contribution in [-0.2, 0) is 4.57 Å². The predicted octanol–water partition coefficient (Wildman–Crippen LogP) is 2.47. The van der Waals surface area contributed by atoms with Crippen LogP contribution in [-0.4, -0.2) is 6.16 Å². The molecule has 0 N–H and O–H groups in total. The molecule has 1 saturated carbocycles. The quantitative estimate of drug-likeness (QED) is 0.525. The lowest BCUT2D eigenvalue weighted by Crippen LogP contribution is -1.91. The Balaban J connectivity index is 2.14. The third-order valence-corrected chi connectivity index (χ3v) is 2.47. The van der Waals surface area contributed by atoms with Crippen molar-refractivity contribution >= 4 is 8.46 Å². The van der Waals surface area contributed by atoms with Gasteiger partial charge in [0.05, 0.1) is 0 Å². The van der Waals surface area contributed by atoms with Crippen LogP contribution in [0.3, 0.4) is 0 Å². The molecule has 0 unspecified atom stereocenters. The van der Waals surface area contributed by atoms with Crippen molar-refractivity contribution in [2.45, 2.75) is 25.7 Å². The van der Waals surface area contributed by atoms with E-state index in [-0.39, 0.29) is 0 Å². The van der Waals surface area contributed by atoms with E-state index in [1.807, 2.05) is 0 Å². The van der Waals surface area contributed by atoms with Crippen LogP contribution in [0.25, 0.3) is 0 Å². The largest absolute Gasteiger partial charge is 0.275 e. The molecular weight excluding hydrogens is 119 g/mol. The summed E-state index contributed by atoms with van der Waals surface area (Å²) >= 11 is 0. The van der Waals surface area contributed by atoms with E-state index in [4.69, 9.17) is 0 Å². The van der Waals surface area contributed by atoms with Crippen LogP contribution in [0.2, 0.25) is 0 Å². The maximum atomic E-state index is 10.1. The minimum atomic E-state index is 0.345. The zero-order valence-corrected chi connectivity index (χ0v) is 5.86. The highest BCUT2D eigenvalue weighted by molar-refractivity contribution is 7.23. The molecule has 8 heavy (non-hydrogen) atoms. The zero-order chi connectivity index (χ0) is 5.82. The minimum Gasteiger partial charge on any atom is -0.275 e. The van der Waals surface area contributed by atoms with Crippen molar-refractivity contribution in [3.05, 3.63) is 0 Å². The molecular formula is C6H11OP. The lowest BCUT2D eigenvalue weighted by Gasteiger charge is -1.98. The predicted molar refractivity (Wildman–Crippen MR) is 34.4 cm³/mol. The second-order valence-corrected chi connectivity index (χ2v) is 3.09. The van der Waals surface area contributed by atoms with Gasteiger partial charge in [-0.3, -0.25) is 4.57 Å². The van der Waals surface area contributed by atoms with E-state index in [0.29, 0.717) is 8.46 Å². The van der Waals surface area contributed by atoms with E-state index in [0.717, 1.165) is 12.1 Å². The van der Waals surface area contributed by atoms with E-state index >= 15 is 0 Å². The first-order valence-corrected chi connectivity index (χ1v) is 4.22. The van der Waals surface area contributed by atoms with Crippen LogP contribution in [0.5, 0.6) is 0 Å². The van der Waals surface area contributed by atoms with Crippen molar-refractivity contribution in [3.8, 4) is 0 Å². The lowest BCUT2D eigenvalue weighted by molar-refractivity contribution is 0.574. The Morgan fingerprint density at radius 1 is 1.38 bits per heavy atom. The first kappa shape index (κ1) is 6.22. The molecule has 0 aromatic heterocycles. The molecule has 46 valence electrons. The third-order valence-electron chi connectivity index (χ3n) is 1.81. The Hall–Kier alpha value is 0.100. The monoisotopic (exact) mass is 130 g/mol. The Bertz CT molecular complexity index is 76.6. The molecule has 0 atom stereocenters. The van der Waals surface area contributed by atoms with Gasteiger partial charge in [-0.2, -0.15) is 0 Å². The highest BCUT2D eigenvalue weighted by atomic mass is 31.1. The molecule has 0 heterocycles. The molecule has 0 amide bonds. The molecule has 0 aromatic rings. The molecule has 0 aliphatic heterocycles. The molecule has 2 heteroatoms. The molecule has 1 fully saturated rings. The molecule has 0 aromatic carbocycles. The van der Waals surface area contributed by atoms with Gasteiger partial charge in [0.25, 0.3) is 0 Å². The molecule has 0 bridgehead atoms. The second-order valence-electron chi connectivity index (χ2n) is 2.46. The summed E-state index contributed by atoms with van der Waals surface area (Å²) in [5.74, 6) is 0.786. The topological polar surface area (TPSA) is 17.1 Å². The first-order valence-electron chi connectivity index (χ1n) is 3.22. The molecule has 0 saturated heterocycles. The summed E-state index contributed by atoms with van der Waals surface area (Å²) < 4.78 is 10.1. The zero-order valence-electron chi connectivity index (χ0n) is 4.97. The van der Waals surface area contributed by atoms with E-state index in [2.05, 4.69) is 0 Å². The molecule has 1 nitrogen and oxygen atoms in total.